The van der Waals surface area contributed by atoms with Gasteiger partial charge in [-0.3, -0.25) is 0 Å². The number of carbonyl (C=O) groups is 2. The third-order valence-corrected chi connectivity index (χ3v) is 3.00. The summed E-state index contributed by atoms with van der Waals surface area (Å²) in [6.45, 7) is 3.58. The number of ether oxygens (including phenoxy) is 2. The van der Waals surface area contributed by atoms with Crippen molar-refractivity contribution < 1.29 is 24.2 Å². The molecule has 0 bridgehead atoms. The van der Waals surface area contributed by atoms with E-state index >= 15 is 0 Å². The summed E-state index contributed by atoms with van der Waals surface area (Å²) in [5.41, 5.74) is 0.587. The number of aromatic amines is 1. The van der Waals surface area contributed by atoms with Crippen molar-refractivity contribution in [3.63, 3.8) is 0 Å². The van der Waals surface area contributed by atoms with Crippen LogP contribution in [0, 0.1) is 0 Å². The van der Waals surface area contributed by atoms with E-state index in [1.54, 1.807) is 38.1 Å². The van der Waals surface area contributed by atoms with Gasteiger partial charge in [-0.05, 0) is 13.8 Å². The van der Waals surface area contributed by atoms with E-state index < -0.39 is 11.9 Å². The molecule has 0 atom stereocenters. The van der Waals surface area contributed by atoms with Crippen LogP contribution >= 0.6 is 0 Å². The summed E-state index contributed by atoms with van der Waals surface area (Å²) >= 11 is 0. The third-order valence-electron chi connectivity index (χ3n) is 3.00. The molecule has 1 heterocycles. The Kier molecular flexibility index (Phi) is 4.83. The van der Waals surface area contributed by atoms with Crippen LogP contribution in [0.2, 0.25) is 0 Å². The molecule has 0 amide bonds. The third kappa shape index (κ3) is 2.95. The van der Waals surface area contributed by atoms with Gasteiger partial charge in [-0.25, -0.2) is 9.59 Å². The van der Waals surface area contributed by atoms with Crippen LogP contribution in [0.15, 0.2) is 30.3 Å². The van der Waals surface area contributed by atoms with Crippen LogP contribution in [-0.2, 0) is 9.47 Å². The lowest BCUT2D eigenvalue weighted by Gasteiger charge is -2.04. The highest BCUT2D eigenvalue weighted by Crippen LogP contribution is 2.35. The predicted octanol–water partition coefficient (Wildman–Crippen LogP) is 2.74. The normalized spacial score (nSPS) is 10.3. The van der Waals surface area contributed by atoms with Crippen LogP contribution < -0.4 is 0 Å². The number of aromatic nitrogens is 1. The first kappa shape index (κ1) is 15.6. The molecular formula is C16H17NO5. The molecule has 6 heteroatoms. The van der Waals surface area contributed by atoms with Gasteiger partial charge in [-0.2, -0.15) is 0 Å². The van der Waals surface area contributed by atoms with Gasteiger partial charge < -0.3 is 19.6 Å². The molecule has 2 N–H and O–H groups in total. The Morgan fingerprint density at radius 2 is 1.64 bits per heavy atom. The fourth-order valence-corrected chi connectivity index (χ4v) is 2.06. The number of H-pyrrole nitrogens is 1. The molecule has 0 aliphatic rings. The molecule has 116 valence electrons. The molecule has 0 aliphatic carbocycles. The molecule has 0 spiro atoms. The first-order chi connectivity index (χ1) is 10.6. The average Bonchev–Trinajstić information content (AvgIpc) is 2.86. The average molecular weight is 303 g/mol. The second-order valence-electron chi connectivity index (χ2n) is 4.41. The van der Waals surface area contributed by atoms with Gasteiger partial charge in [-0.15, -0.1) is 0 Å². The molecule has 0 aliphatic heterocycles. The maximum Gasteiger partial charge on any atom is 0.355 e. The zero-order chi connectivity index (χ0) is 16.1. The Morgan fingerprint density at radius 3 is 2.23 bits per heavy atom. The van der Waals surface area contributed by atoms with Crippen LogP contribution in [0.4, 0.5) is 0 Å². The van der Waals surface area contributed by atoms with Crippen molar-refractivity contribution in [1.29, 1.82) is 0 Å². The molecule has 2 aromatic rings. The Bertz CT molecular complexity index is 675. The van der Waals surface area contributed by atoms with Gasteiger partial charge >= 0.3 is 11.9 Å². The topological polar surface area (TPSA) is 88.6 Å². The molecule has 6 nitrogen and oxygen atoms in total. The molecular weight excluding hydrogens is 286 g/mol. The van der Waals surface area contributed by atoms with E-state index in [4.69, 9.17) is 9.47 Å². The minimum absolute atomic E-state index is 0.114. The van der Waals surface area contributed by atoms with Gasteiger partial charge in [0, 0.05) is 5.56 Å². The summed E-state index contributed by atoms with van der Waals surface area (Å²) in [5.74, 6) is -1.82. The summed E-state index contributed by atoms with van der Waals surface area (Å²) in [6, 6.07) is 8.88. The van der Waals surface area contributed by atoms with Crippen LogP contribution in [0.3, 0.4) is 0 Å². The number of rotatable bonds is 5. The van der Waals surface area contributed by atoms with E-state index in [0.717, 1.165) is 0 Å². The monoisotopic (exact) mass is 303 g/mol. The van der Waals surface area contributed by atoms with Crippen LogP contribution in [0.5, 0.6) is 5.75 Å². The molecule has 1 aromatic carbocycles. The summed E-state index contributed by atoms with van der Waals surface area (Å²) in [7, 11) is 0. The van der Waals surface area contributed by atoms with E-state index in [9.17, 15) is 14.7 Å². The van der Waals surface area contributed by atoms with Crippen molar-refractivity contribution in [3.8, 4) is 17.0 Å². The maximum atomic E-state index is 12.0. The number of aromatic hydroxyl groups is 1. The molecule has 0 saturated carbocycles. The van der Waals surface area contributed by atoms with Crippen LogP contribution in [0.1, 0.15) is 34.7 Å². The zero-order valence-electron chi connectivity index (χ0n) is 12.4. The molecule has 0 unspecified atom stereocenters. The number of hydrogen-bond acceptors (Lipinski definition) is 5. The highest BCUT2D eigenvalue weighted by Gasteiger charge is 2.29. The van der Waals surface area contributed by atoms with E-state index in [2.05, 4.69) is 4.98 Å². The molecule has 22 heavy (non-hydrogen) atoms. The van der Waals surface area contributed by atoms with Gasteiger partial charge in [0.25, 0.3) is 0 Å². The summed E-state index contributed by atoms with van der Waals surface area (Å²) in [4.78, 5) is 26.8. The predicted molar refractivity (Wildman–Crippen MR) is 79.8 cm³/mol. The Morgan fingerprint density at radius 1 is 1.05 bits per heavy atom. The van der Waals surface area contributed by atoms with Gasteiger partial charge in [0.1, 0.15) is 11.3 Å². The maximum absolute atomic E-state index is 12.0. The first-order valence-corrected chi connectivity index (χ1v) is 6.94. The summed E-state index contributed by atoms with van der Waals surface area (Å²) in [5, 5.41) is 10.3. The Hall–Kier alpha value is -2.76. The lowest BCUT2D eigenvalue weighted by Crippen LogP contribution is -2.13. The van der Waals surface area contributed by atoms with E-state index in [1.165, 1.54) is 0 Å². The highest BCUT2D eigenvalue weighted by atomic mass is 16.5. The Labute approximate surface area is 127 Å². The smallest absolute Gasteiger partial charge is 0.355 e. The van der Waals surface area contributed by atoms with Crippen molar-refractivity contribution in [2.24, 2.45) is 0 Å². The molecule has 1 aromatic heterocycles. The zero-order valence-corrected chi connectivity index (χ0v) is 12.4. The number of benzene rings is 1. The Balaban J connectivity index is 2.56. The highest BCUT2D eigenvalue weighted by molar-refractivity contribution is 6.06. The minimum atomic E-state index is -0.776. The molecule has 0 saturated heterocycles. The quantitative estimate of drug-likeness (QED) is 0.829. The molecule has 0 radical (unpaired) electrons. The van der Waals surface area contributed by atoms with Crippen molar-refractivity contribution in [1.82, 2.24) is 4.98 Å². The second-order valence-corrected chi connectivity index (χ2v) is 4.41. The fourth-order valence-electron chi connectivity index (χ4n) is 2.06. The lowest BCUT2D eigenvalue weighted by molar-refractivity contribution is 0.0473. The first-order valence-electron chi connectivity index (χ1n) is 6.94. The van der Waals surface area contributed by atoms with Gasteiger partial charge in [0.05, 0.1) is 18.9 Å². The standard InChI is InChI=1S/C16H17NO5/c1-3-21-15(19)11-13(16(20)22-4-2)17-12(14(11)18)10-8-6-5-7-9-10/h5-9,17-18H,3-4H2,1-2H3. The number of esters is 2. The van der Waals surface area contributed by atoms with Crippen LogP contribution in [0.25, 0.3) is 11.3 Å². The van der Waals surface area contributed by atoms with Crippen molar-refractivity contribution in [2.75, 3.05) is 13.2 Å². The van der Waals surface area contributed by atoms with Crippen LogP contribution in [-0.4, -0.2) is 35.2 Å². The van der Waals surface area contributed by atoms with E-state index in [0.29, 0.717) is 5.56 Å². The van der Waals surface area contributed by atoms with Crippen molar-refractivity contribution in [2.45, 2.75) is 13.8 Å². The van der Waals surface area contributed by atoms with E-state index in [-0.39, 0.29) is 35.9 Å². The molecule has 0 fully saturated rings. The van der Waals surface area contributed by atoms with Gasteiger partial charge in [0.2, 0.25) is 0 Å². The minimum Gasteiger partial charge on any atom is -0.505 e. The number of hydrogen-bond donors (Lipinski definition) is 2. The fraction of sp³-hybridized carbons (Fsp3) is 0.250. The number of nitrogens with one attached hydrogen (secondary N) is 1. The van der Waals surface area contributed by atoms with Gasteiger partial charge in [-0.1, -0.05) is 30.3 Å². The van der Waals surface area contributed by atoms with E-state index in [1.807, 2.05) is 6.07 Å². The second kappa shape index (κ2) is 6.80. The largest absolute Gasteiger partial charge is 0.505 e. The van der Waals surface area contributed by atoms with Gasteiger partial charge in [0.15, 0.2) is 5.75 Å². The summed E-state index contributed by atoms with van der Waals surface area (Å²) in [6.07, 6.45) is 0. The van der Waals surface area contributed by atoms with Crippen molar-refractivity contribution >= 4 is 11.9 Å². The summed E-state index contributed by atoms with van der Waals surface area (Å²) < 4.78 is 9.81. The molecule has 2 rings (SSSR count). The SMILES string of the molecule is CCOC(=O)c1[nH]c(-c2ccccc2)c(O)c1C(=O)OCC. The van der Waals surface area contributed by atoms with Crippen molar-refractivity contribution in [3.05, 3.63) is 41.6 Å². The number of carbonyl (C=O) groups excluding carboxylic acids is 2. The lowest BCUT2D eigenvalue weighted by atomic mass is 10.1.